The molecule has 0 aliphatic heterocycles. The van der Waals surface area contributed by atoms with Crippen LogP contribution in [0.15, 0.2) is 11.1 Å². The maximum Gasteiger partial charge on any atom is 0.307 e. The van der Waals surface area contributed by atoms with E-state index in [9.17, 15) is 19.5 Å². The number of amides is 2. The van der Waals surface area contributed by atoms with Crippen molar-refractivity contribution in [2.24, 2.45) is 11.8 Å². The van der Waals surface area contributed by atoms with E-state index < -0.39 is 17.8 Å². The summed E-state index contributed by atoms with van der Waals surface area (Å²) in [5.41, 5.74) is 3.81. The molecule has 3 aliphatic rings. The van der Waals surface area contributed by atoms with Crippen LogP contribution in [0.1, 0.15) is 73.2 Å². The van der Waals surface area contributed by atoms with Crippen molar-refractivity contribution in [2.75, 3.05) is 5.32 Å². The van der Waals surface area contributed by atoms with Crippen LogP contribution < -0.4 is 10.6 Å². The Bertz CT molecular complexity index is 897. The largest absolute Gasteiger partial charge is 0.481 e. The molecule has 0 spiro atoms. The number of thiophene rings is 1. The van der Waals surface area contributed by atoms with E-state index >= 15 is 0 Å². The van der Waals surface area contributed by atoms with Gasteiger partial charge in [-0.2, -0.15) is 0 Å². The lowest BCUT2D eigenvalue weighted by Gasteiger charge is -2.29. The highest BCUT2D eigenvalue weighted by atomic mass is 32.1. The molecule has 6 nitrogen and oxygen atoms in total. The lowest BCUT2D eigenvalue weighted by molar-refractivity contribution is -0.146. The van der Waals surface area contributed by atoms with E-state index in [0.717, 1.165) is 55.2 Å². The van der Waals surface area contributed by atoms with Crippen molar-refractivity contribution in [3.63, 3.8) is 0 Å². The lowest BCUT2D eigenvalue weighted by Crippen LogP contribution is -2.37. The van der Waals surface area contributed by atoms with Crippen LogP contribution in [0.2, 0.25) is 0 Å². The van der Waals surface area contributed by atoms with Crippen LogP contribution in [-0.2, 0) is 22.4 Å². The molecule has 1 heterocycles. The average Bonchev–Trinajstić information content (AvgIpc) is 3.41. The Morgan fingerprint density at radius 3 is 2.31 bits per heavy atom. The summed E-state index contributed by atoms with van der Waals surface area (Å²) in [5.74, 6) is -2.67. The zero-order valence-electron chi connectivity index (χ0n) is 17.0. The van der Waals surface area contributed by atoms with Gasteiger partial charge < -0.3 is 15.7 Å². The summed E-state index contributed by atoms with van der Waals surface area (Å²) >= 11 is 1.49. The van der Waals surface area contributed by atoms with Crippen LogP contribution in [0.4, 0.5) is 5.00 Å². The van der Waals surface area contributed by atoms with Gasteiger partial charge in [0.1, 0.15) is 5.00 Å². The lowest BCUT2D eigenvalue weighted by atomic mass is 9.76. The molecule has 0 saturated heterocycles. The predicted octanol–water partition coefficient (Wildman–Crippen LogP) is 3.90. The van der Waals surface area contributed by atoms with Crippen molar-refractivity contribution in [1.82, 2.24) is 5.32 Å². The Labute approximate surface area is 174 Å². The average molecular weight is 417 g/mol. The first kappa shape index (κ1) is 20.1. The molecule has 156 valence electrons. The fraction of sp³-hybridized carbons (Fsp3) is 0.591. The topological polar surface area (TPSA) is 95.5 Å². The number of carbonyl (C=O) groups is 3. The maximum atomic E-state index is 13.1. The molecule has 0 aromatic carbocycles. The summed E-state index contributed by atoms with van der Waals surface area (Å²) in [7, 11) is 0. The van der Waals surface area contributed by atoms with Crippen LogP contribution >= 0.6 is 11.3 Å². The van der Waals surface area contributed by atoms with Crippen LogP contribution in [0.5, 0.6) is 0 Å². The maximum absolute atomic E-state index is 13.1. The second kappa shape index (κ2) is 7.94. The second-order valence-corrected chi connectivity index (χ2v) is 9.78. The van der Waals surface area contributed by atoms with E-state index in [-0.39, 0.29) is 17.9 Å². The fourth-order valence-electron chi connectivity index (χ4n) is 4.41. The number of rotatable bonds is 5. The number of aliphatic carboxylic acids is 1. The zero-order chi connectivity index (χ0) is 20.7. The van der Waals surface area contributed by atoms with Crippen LogP contribution in [-0.4, -0.2) is 28.9 Å². The molecule has 3 aliphatic carbocycles. The number of carboxylic acids is 1. The van der Waals surface area contributed by atoms with Crippen molar-refractivity contribution in [2.45, 2.75) is 71.3 Å². The molecule has 0 bridgehead atoms. The van der Waals surface area contributed by atoms with E-state index in [2.05, 4.69) is 10.6 Å². The third kappa shape index (κ3) is 4.10. The minimum absolute atomic E-state index is 0.104. The van der Waals surface area contributed by atoms with E-state index in [0.29, 0.717) is 23.4 Å². The monoisotopic (exact) mass is 416 g/mol. The van der Waals surface area contributed by atoms with Gasteiger partial charge in [0.05, 0.1) is 17.4 Å². The number of nitrogens with one attached hydrogen (secondary N) is 2. The molecule has 1 aromatic heterocycles. The Hall–Kier alpha value is -2.15. The van der Waals surface area contributed by atoms with Gasteiger partial charge >= 0.3 is 5.97 Å². The minimum Gasteiger partial charge on any atom is -0.481 e. The minimum atomic E-state index is -0.936. The number of carboxylic acid groups (broad SMARTS) is 1. The number of hydrogen-bond donors (Lipinski definition) is 3. The molecule has 0 radical (unpaired) electrons. The third-order valence-corrected chi connectivity index (χ3v) is 7.68. The smallest absolute Gasteiger partial charge is 0.307 e. The van der Waals surface area contributed by atoms with Crippen molar-refractivity contribution >= 4 is 34.1 Å². The van der Waals surface area contributed by atoms with Gasteiger partial charge in [-0.15, -0.1) is 11.3 Å². The molecule has 4 rings (SSSR count). The van der Waals surface area contributed by atoms with Gasteiger partial charge in [-0.25, -0.2) is 0 Å². The number of allylic oxidation sites excluding steroid dienone is 2. The van der Waals surface area contributed by atoms with Gasteiger partial charge in [0, 0.05) is 10.9 Å². The highest BCUT2D eigenvalue weighted by Gasteiger charge is 2.38. The SMILES string of the molecule is CC1=C(C)C[C@@H](C(=O)O)[C@@H](C(=O)Nc2sc3c(c2C(=O)NC2CC2)CCCC3)C1. The van der Waals surface area contributed by atoms with E-state index in [1.807, 2.05) is 13.8 Å². The highest BCUT2D eigenvalue weighted by molar-refractivity contribution is 7.17. The van der Waals surface area contributed by atoms with Crippen molar-refractivity contribution < 1.29 is 19.5 Å². The summed E-state index contributed by atoms with van der Waals surface area (Å²) in [6, 6.07) is 0.246. The number of fused-ring (bicyclic) bond motifs is 1. The molecule has 1 saturated carbocycles. The second-order valence-electron chi connectivity index (χ2n) is 8.67. The molecule has 2 atom stereocenters. The van der Waals surface area contributed by atoms with Gasteiger partial charge in [-0.1, -0.05) is 11.1 Å². The quantitative estimate of drug-likeness (QED) is 0.634. The van der Waals surface area contributed by atoms with E-state index in [4.69, 9.17) is 0 Å². The number of anilines is 1. The van der Waals surface area contributed by atoms with Gasteiger partial charge in [0.25, 0.3) is 5.91 Å². The summed E-state index contributed by atoms with van der Waals surface area (Å²) in [6.07, 6.45) is 6.79. The van der Waals surface area contributed by atoms with Crippen LogP contribution in [0.3, 0.4) is 0 Å². The van der Waals surface area contributed by atoms with Crippen molar-refractivity contribution in [3.8, 4) is 0 Å². The van der Waals surface area contributed by atoms with Gasteiger partial charge in [-0.3, -0.25) is 14.4 Å². The molecular formula is C22H28N2O4S. The molecule has 2 amide bonds. The molecular weight excluding hydrogens is 388 g/mol. The Kier molecular flexibility index (Phi) is 5.51. The Morgan fingerprint density at radius 2 is 1.66 bits per heavy atom. The number of hydrogen-bond acceptors (Lipinski definition) is 4. The fourth-order valence-corrected chi connectivity index (χ4v) is 5.70. The third-order valence-electron chi connectivity index (χ3n) is 6.47. The summed E-state index contributed by atoms with van der Waals surface area (Å²) in [4.78, 5) is 39.0. The molecule has 0 unspecified atom stereocenters. The standard InChI is InChI=1S/C22H28N2O4S/c1-11-9-15(16(22(27)28)10-12(11)2)19(25)24-21-18(20(26)23-13-7-8-13)14-5-3-4-6-17(14)29-21/h13,15-16H,3-10H2,1-2H3,(H,23,26)(H,24,25)(H,27,28)/t15-,16+/m0/s1. The zero-order valence-corrected chi connectivity index (χ0v) is 17.8. The van der Waals surface area contributed by atoms with Gasteiger partial charge in [0.2, 0.25) is 5.91 Å². The first-order valence-corrected chi connectivity index (χ1v) is 11.3. The molecule has 29 heavy (non-hydrogen) atoms. The molecule has 3 N–H and O–H groups in total. The highest BCUT2D eigenvalue weighted by Crippen LogP contribution is 2.40. The Morgan fingerprint density at radius 1 is 1.00 bits per heavy atom. The van der Waals surface area contributed by atoms with Crippen LogP contribution in [0, 0.1) is 11.8 Å². The first-order valence-electron chi connectivity index (χ1n) is 10.5. The molecule has 1 aromatic rings. The number of aryl methyl sites for hydroxylation is 1. The van der Waals surface area contributed by atoms with Gasteiger partial charge in [-0.05, 0) is 70.8 Å². The van der Waals surface area contributed by atoms with E-state index in [1.165, 1.54) is 16.2 Å². The van der Waals surface area contributed by atoms with Crippen molar-refractivity contribution in [3.05, 3.63) is 27.2 Å². The number of carbonyl (C=O) groups excluding carboxylic acids is 2. The predicted molar refractivity (Wildman–Crippen MR) is 112 cm³/mol. The van der Waals surface area contributed by atoms with E-state index in [1.54, 1.807) is 0 Å². The van der Waals surface area contributed by atoms with Crippen molar-refractivity contribution in [1.29, 1.82) is 0 Å². The summed E-state index contributed by atoms with van der Waals surface area (Å²) in [5, 5.41) is 16.3. The summed E-state index contributed by atoms with van der Waals surface area (Å²) < 4.78 is 0. The Balaban J connectivity index is 1.61. The first-order chi connectivity index (χ1) is 13.8. The molecule has 1 fully saturated rings. The molecule has 7 heteroatoms. The normalized spacial score (nSPS) is 24.1. The van der Waals surface area contributed by atoms with Gasteiger partial charge in [0.15, 0.2) is 0 Å². The van der Waals surface area contributed by atoms with Crippen LogP contribution in [0.25, 0.3) is 0 Å². The summed E-state index contributed by atoms with van der Waals surface area (Å²) in [6.45, 7) is 3.90.